The SMILES string of the molecule is NC(C(=O)O)c1cccn2c(Br)cnc12. The van der Waals surface area contributed by atoms with Gasteiger partial charge < -0.3 is 10.8 Å². The number of hydrogen-bond donors (Lipinski definition) is 2. The normalized spacial score (nSPS) is 12.9. The largest absolute Gasteiger partial charge is 0.480 e. The van der Waals surface area contributed by atoms with Gasteiger partial charge in [0.15, 0.2) is 0 Å². The number of nitrogens with two attached hydrogens (primary N) is 1. The summed E-state index contributed by atoms with van der Waals surface area (Å²) in [4.78, 5) is 14.9. The van der Waals surface area contributed by atoms with Crippen LogP contribution in [-0.4, -0.2) is 20.5 Å². The van der Waals surface area contributed by atoms with Gasteiger partial charge in [-0.05, 0) is 22.0 Å². The fourth-order valence-electron chi connectivity index (χ4n) is 1.38. The van der Waals surface area contributed by atoms with Crippen molar-refractivity contribution in [3.63, 3.8) is 0 Å². The summed E-state index contributed by atoms with van der Waals surface area (Å²) < 4.78 is 2.50. The molecule has 2 heterocycles. The number of carboxylic acids is 1. The monoisotopic (exact) mass is 269 g/mol. The third-order valence-corrected chi connectivity index (χ3v) is 2.71. The number of aliphatic carboxylic acids is 1. The molecule has 0 fully saturated rings. The number of halogens is 1. The van der Waals surface area contributed by atoms with Gasteiger partial charge in [0.1, 0.15) is 16.3 Å². The van der Waals surface area contributed by atoms with E-state index in [0.29, 0.717) is 11.2 Å². The van der Waals surface area contributed by atoms with E-state index < -0.39 is 12.0 Å². The van der Waals surface area contributed by atoms with Crippen molar-refractivity contribution in [2.45, 2.75) is 6.04 Å². The number of pyridine rings is 1. The second-order valence-electron chi connectivity index (χ2n) is 3.05. The highest BCUT2D eigenvalue weighted by atomic mass is 79.9. The minimum absolute atomic E-state index is 0.496. The van der Waals surface area contributed by atoms with Gasteiger partial charge in [0, 0.05) is 11.8 Å². The predicted octanol–water partition coefficient (Wildman–Crippen LogP) is 1.18. The van der Waals surface area contributed by atoms with Gasteiger partial charge in [0.05, 0.1) is 6.20 Å². The fraction of sp³-hybridized carbons (Fsp3) is 0.111. The summed E-state index contributed by atoms with van der Waals surface area (Å²) in [6.07, 6.45) is 3.39. The van der Waals surface area contributed by atoms with E-state index in [1.807, 2.05) is 0 Å². The lowest BCUT2D eigenvalue weighted by Gasteiger charge is -2.07. The summed E-state index contributed by atoms with van der Waals surface area (Å²) >= 11 is 3.30. The maximum atomic E-state index is 10.8. The first-order valence-corrected chi connectivity index (χ1v) is 5.00. The van der Waals surface area contributed by atoms with Crippen molar-refractivity contribution >= 4 is 27.5 Å². The highest BCUT2D eigenvalue weighted by Crippen LogP contribution is 2.20. The third-order valence-electron chi connectivity index (χ3n) is 2.12. The molecule has 0 spiro atoms. The van der Waals surface area contributed by atoms with Gasteiger partial charge in [-0.3, -0.25) is 9.20 Å². The Balaban J connectivity index is 2.66. The lowest BCUT2D eigenvalue weighted by atomic mass is 10.1. The second kappa shape index (κ2) is 3.63. The van der Waals surface area contributed by atoms with E-state index in [0.717, 1.165) is 4.60 Å². The van der Waals surface area contributed by atoms with Crippen LogP contribution in [0.5, 0.6) is 0 Å². The molecule has 15 heavy (non-hydrogen) atoms. The van der Waals surface area contributed by atoms with Crippen LogP contribution in [0.1, 0.15) is 11.6 Å². The molecule has 0 amide bonds. The summed E-state index contributed by atoms with van der Waals surface area (Å²) in [5, 5.41) is 8.83. The molecule has 78 valence electrons. The molecule has 0 aliphatic carbocycles. The maximum Gasteiger partial charge on any atom is 0.325 e. The first-order chi connectivity index (χ1) is 7.11. The zero-order valence-corrected chi connectivity index (χ0v) is 9.18. The Labute approximate surface area is 93.7 Å². The number of fused-ring (bicyclic) bond motifs is 1. The molecule has 0 radical (unpaired) electrons. The number of imidazole rings is 1. The summed E-state index contributed by atoms with van der Waals surface area (Å²) in [7, 11) is 0. The van der Waals surface area contributed by atoms with Crippen LogP contribution in [0.2, 0.25) is 0 Å². The van der Waals surface area contributed by atoms with Gasteiger partial charge in [-0.1, -0.05) is 6.07 Å². The zero-order valence-electron chi connectivity index (χ0n) is 7.59. The first-order valence-electron chi connectivity index (χ1n) is 4.21. The van der Waals surface area contributed by atoms with E-state index in [-0.39, 0.29) is 0 Å². The smallest absolute Gasteiger partial charge is 0.325 e. The minimum atomic E-state index is -1.07. The summed E-state index contributed by atoms with van der Waals surface area (Å²) in [5.41, 5.74) is 6.60. The van der Waals surface area contributed by atoms with Crippen LogP contribution in [0, 0.1) is 0 Å². The predicted molar refractivity (Wildman–Crippen MR) is 57.5 cm³/mol. The van der Waals surface area contributed by atoms with Crippen LogP contribution >= 0.6 is 15.9 Å². The van der Waals surface area contributed by atoms with Crippen LogP contribution in [0.3, 0.4) is 0 Å². The molecule has 6 heteroatoms. The van der Waals surface area contributed by atoms with E-state index >= 15 is 0 Å². The van der Waals surface area contributed by atoms with Crippen molar-refractivity contribution in [1.29, 1.82) is 0 Å². The average molecular weight is 270 g/mol. The van der Waals surface area contributed by atoms with E-state index in [1.165, 1.54) is 0 Å². The van der Waals surface area contributed by atoms with Crippen molar-refractivity contribution in [3.8, 4) is 0 Å². The Hall–Kier alpha value is -1.40. The van der Waals surface area contributed by atoms with Gasteiger partial charge in [-0.25, -0.2) is 4.98 Å². The van der Waals surface area contributed by atoms with Crippen LogP contribution in [-0.2, 0) is 4.79 Å². The maximum absolute atomic E-state index is 10.8. The molecule has 0 aliphatic rings. The number of carbonyl (C=O) groups is 1. The quantitative estimate of drug-likeness (QED) is 0.858. The number of rotatable bonds is 2. The van der Waals surface area contributed by atoms with Gasteiger partial charge in [-0.15, -0.1) is 0 Å². The van der Waals surface area contributed by atoms with E-state index in [2.05, 4.69) is 20.9 Å². The van der Waals surface area contributed by atoms with Gasteiger partial charge in [0.2, 0.25) is 0 Å². The average Bonchev–Trinajstić information content (AvgIpc) is 2.59. The second-order valence-corrected chi connectivity index (χ2v) is 3.87. The minimum Gasteiger partial charge on any atom is -0.480 e. The molecule has 1 atom stereocenters. The number of aromatic nitrogens is 2. The van der Waals surface area contributed by atoms with Crippen molar-refractivity contribution in [3.05, 3.63) is 34.7 Å². The molecule has 2 aromatic heterocycles. The van der Waals surface area contributed by atoms with E-state index in [4.69, 9.17) is 10.8 Å². The number of hydrogen-bond acceptors (Lipinski definition) is 3. The molecule has 2 aromatic rings. The Morgan fingerprint density at radius 3 is 3.07 bits per heavy atom. The summed E-state index contributed by atoms with van der Waals surface area (Å²) in [6, 6.07) is 2.34. The van der Waals surface area contributed by atoms with Crippen molar-refractivity contribution in [1.82, 2.24) is 9.38 Å². The molecule has 0 bridgehead atoms. The number of carboxylic acid groups (broad SMARTS) is 1. The summed E-state index contributed by atoms with van der Waals surface area (Å²) in [6.45, 7) is 0. The highest BCUT2D eigenvalue weighted by molar-refractivity contribution is 9.10. The topological polar surface area (TPSA) is 80.6 Å². The standard InChI is InChI=1S/C9H8BrN3O2/c10-6-4-12-8-5(7(11)9(14)15)2-1-3-13(6)8/h1-4,7H,11H2,(H,14,15). The van der Waals surface area contributed by atoms with Gasteiger partial charge in [-0.2, -0.15) is 0 Å². The summed E-state index contributed by atoms with van der Waals surface area (Å²) in [5.74, 6) is -1.07. The Morgan fingerprint density at radius 1 is 1.67 bits per heavy atom. The molecule has 0 aliphatic heterocycles. The molecule has 3 N–H and O–H groups in total. The molecule has 2 rings (SSSR count). The van der Waals surface area contributed by atoms with Crippen LogP contribution < -0.4 is 5.73 Å². The van der Waals surface area contributed by atoms with E-state index in [1.54, 1.807) is 28.9 Å². The third kappa shape index (κ3) is 1.62. The Kier molecular flexibility index (Phi) is 2.45. The van der Waals surface area contributed by atoms with Crippen molar-refractivity contribution < 1.29 is 9.90 Å². The number of nitrogens with zero attached hydrogens (tertiary/aromatic N) is 2. The van der Waals surface area contributed by atoms with E-state index in [9.17, 15) is 4.79 Å². The van der Waals surface area contributed by atoms with Crippen molar-refractivity contribution in [2.75, 3.05) is 0 Å². The van der Waals surface area contributed by atoms with Crippen LogP contribution in [0.25, 0.3) is 5.65 Å². The van der Waals surface area contributed by atoms with Crippen LogP contribution in [0.15, 0.2) is 29.1 Å². The lowest BCUT2D eigenvalue weighted by Crippen LogP contribution is -2.21. The molecule has 1 unspecified atom stereocenters. The molecule has 0 saturated carbocycles. The molecular weight excluding hydrogens is 262 g/mol. The zero-order chi connectivity index (χ0) is 11.0. The molecular formula is C9H8BrN3O2. The van der Waals surface area contributed by atoms with Crippen LogP contribution in [0.4, 0.5) is 0 Å². The van der Waals surface area contributed by atoms with Gasteiger partial charge >= 0.3 is 5.97 Å². The molecule has 0 aromatic carbocycles. The van der Waals surface area contributed by atoms with Gasteiger partial charge in [0.25, 0.3) is 0 Å². The Morgan fingerprint density at radius 2 is 2.40 bits per heavy atom. The highest BCUT2D eigenvalue weighted by Gasteiger charge is 2.18. The lowest BCUT2D eigenvalue weighted by molar-refractivity contribution is -0.138. The first kappa shape index (κ1) is 10.1. The molecule has 0 saturated heterocycles. The fourth-order valence-corrected chi connectivity index (χ4v) is 1.77. The Bertz CT molecular complexity index is 523. The van der Waals surface area contributed by atoms with Crippen molar-refractivity contribution in [2.24, 2.45) is 5.73 Å². The molecule has 5 nitrogen and oxygen atoms in total.